The molecule has 21 heavy (non-hydrogen) atoms. The molecule has 0 radical (unpaired) electrons. The number of hydrogen-bond acceptors (Lipinski definition) is 3. The smallest absolute Gasteiger partial charge is 0.305 e. The minimum Gasteiger partial charge on any atom is -0.481 e. The molecule has 1 atom stereocenters. The highest BCUT2D eigenvalue weighted by atomic mass is 16.4. The summed E-state index contributed by atoms with van der Waals surface area (Å²) in [5.41, 5.74) is 5.56. The van der Waals surface area contributed by atoms with Crippen molar-refractivity contribution >= 4 is 11.9 Å². The van der Waals surface area contributed by atoms with E-state index in [1.807, 2.05) is 0 Å². The van der Waals surface area contributed by atoms with E-state index in [0.717, 1.165) is 37.0 Å². The summed E-state index contributed by atoms with van der Waals surface area (Å²) in [6, 6.07) is -0.928. The van der Waals surface area contributed by atoms with Crippen LogP contribution in [-0.2, 0) is 9.59 Å². The molecule has 5 heteroatoms. The largest absolute Gasteiger partial charge is 0.481 e. The van der Waals surface area contributed by atoms with Gasteiger partial charge >= 0.3 is 5.97 Å². The van der Waals surface area contributed by atoms with Crippen LogP contribution in [0.15, 0.2) is 0 Å². The number of nitrogens with two attached hydrogens (primary N) is 1. The normalized spacial score (nSPS) is 24.7. The maximum atomic E-state index is 12.0. The van der Waals surface area contributed by atoms with Crippen molar-refractivity contribution in [2.75, 3.05) is 0 Å². The predicted octanol–water partition coefficient (Wildman–Crippen LogP) is 1.65. The van der Waals surface area contributed by atoms with Crippen LogP contribution in [0, 0.1) is 17.8 Å². The van der Waals surface area contributed by atoms with Gasteiger partial charge in [0, 0.05) is 5.54 Å². The summed E-state index contributed by atoms with van der Waals surface area (Å²) in [5, 5.41) is 11.7. The zero-order chi connectivity index (χ0) is 15.0. The van der Waals surface area contributed by atoms with Crippen LogP contribution in [0.3, 0.4) is 0 Å². The summed E-state index contributed by atoms with van der Waals surface area (Å²) < 4.78 is 0. The Morgan fingerprint density at radius 3 is 2.19 bits per heavy atom. The molecule has 0 aromatic heterocycles. The van der Waals surface area contributed by atoms with Crippen LogP contribution in [0.5, 0.6) is 0 Å². The summed E-state index contributed by atoms with van der Waals surface area (Å²) in [5.74, 6) is 1.43. The topological polar surface area (TPSA) is 92.4 Å². The van der Waals surface area contributed by atoms with Gasteiger partial charge in [0.1, 0.15) is 0 Å². The Morgan fingerprint density at radius 2 is 1.76 bits per heavy atom. The molecular formula is C16H26N2O3. The number of carbonyl (C=O) groups is 2. The number of nitrogens with one attached hydrogen (secondary N) is 1. The minimum absolute atomic E-state index is 0.0742. The molecule has 0 bridgehead atoms. The van der Waals surface area contributed by atoms with Crippen LogP contribution in [-0.4, -0.2) is 28.6 Å². The lowest BCUT2D eigenvalue weighted by molar-refractivity contribution is -0.139. The Morgan fingerprint density at radius 1 is 1.19 bits per heavy atom. The van der Waals surface area contributed by atoms with Crippen molar-refractivity contribution in [3.05, 3.63) is 0 Å². The quantitative estimate of drug-likeness (QED) is 0.603. The first-order valence-electron chi connectivity index (χ1n) is 8.28. The van der Waals surface area contributed by atoms with Crippen molar-refractivity contribution in [2.24, 2.45) is 23.5 Å². The molecule has 3 aliphatic rings. The second kappa shape index (κ2) is 5.59. The van der Waals surface area contributed by atoms with E-state index in [0.29, 0.717) is 0 Å². The Balaban J connectivity index is 1.45. The maximum absolute atomic E-state index is 12.0. The highest BCUT2D eigenvalue weighted by molar-refractivity contribution is 5.86. The summed E-state index contributed by atoms with van der Waals surface area (Å²) >= 11 is 0. The number of aliphatic carboxylic acids is 1. The molecule has 118 valence electrons. The summed E-state index contributed by atoms with van der Waals surface area (Å²) in [6.07, 6.45) is 9.55. The van der Waals surface area contributed by atoms with E-state index in [1.165, 1.54) is 32.1 Å². The lowest BCUT2D eigenvalue weighted by Gasteiger charge is -2.23. The van der Waals surface area contributed by atoms with Crippen LogP contribution < -0.4 is 11.1 Å². The molecule has 4 N–H and O–H groups in total. The van der Waals surface area contributed by atoms with Gasteiger partial charge in [0.05, 0.1) is 12.5 Å². The van der Waals surface area contributed by atoms with Gasteiger partial charge < -0.3 is 16.2 Å². The first-order valence-corrected chi connectivity index (χ1v) is 8.28. The van der Waals surface area contributed by atoms with E-state index >= 15 is 0 Å². The summed E-state index contributed by atoms with van der Waals surface area (Å²) in [4.78, 5) is 22.6. The number of hydrogen-bond donors (Lipinski definition) is 3. The molecule has 5 nitrogen and oxygen atoms in total. The van der Waals surface area contributed by atoms with E-state index in [9.17, 15) is 9.59 Å². The number of carboxylic acids is 1. The number of amides is 1. The molecule has 0 spiro atoms. The van der Waals surface area contributed by atoms with Crippen LogP contribution >= 0.6 is 0 Å². The fourth-order valence-electron chi connectivity index (χ4n) is 3.57. The second-order valence-electron chi connectivity index (χ2n) is 7.35. The van der Waals surface area contributed by atoms with Crippen molar-refractivity contribution < 1.29 is 14.7 Å². The molecule has 1 amide bonds. The van der Waals surface area contributed by atoms with E-state index < -0.39 is 12.0 Å². The van der Waals surface area contributed by atoms with E-state index in [-0.39, 0.29) is 17.9 Å². The Hall–Kier alpha value is -1.10. The molecule has 0 unspecified atom stereocenters. The van der Waals surface area contributed by atoms with Gasteiger partial charge in [0.15, 0.2) is 0 Å². The molecule has 0 aliphatic heterocycles. The van der Waals surface area contributed by atoms with E-state index in [4.69, 9.17) is 10.8 Å². The third-order valence-electron chi connectivity index (χ3n) is 5.38. The van der Waals surface area contributed by atoms with Gasteiger partial charge in [-0.2, -0.15) is 0 Å². The third kappa shape index (κ3) is 3.96. The first-order chi connectivity index (χ1) is 9.99. The number of carboxylic acid groups (broad SMARTS) is 1. The molecule has 3 rings (SSSR count). The van der Waals surface area contributed by atoms with Gasteiger partial charge in [-0.1, -0.05) is 0 Å². The number of carbonyl (C=O) groups excluding carboxylic acids is 1. The lowest BCUT2D eigenvalue weighted by atomic mass is 9.90. The Labute approximate surface area is 125 Å². The summed E-state index contributed by atoms with van der Waals surface area (Å²) in [6.45, 7) is 0. The van der Waals surface area contributed by atoms with Crippen LogP contribution in [0.1, 0.15) is 57.8 Å². The fourth-order valence-corrected chi connectivity index (χ4v) is 3.57. The average molecular weight is 294 g/mol. The molecule has 0 aromatic rings. The monoisotopic (exact) mass is 294 g/mol. The fraction of sp³-hybridized carbons (Fsp3) is 0.875. The van der Waals surface area contributed by atoms with E-state index in [2.05, 4.69) is 5.32 Å². The van der Waals surface area contributed by atoms with Crippen LogP contribution in [0.2, 0.25) is 0 Å². The maximum Gasteiger partial charge on any atom is 0.305 e. The predicted molar refractivity (Wildman–Crippen MR) is 78.5 cm³/mol. The van der Waals surface area contributed by atoms with Gasteiger partial charge in [-0.3, -0.25) is 9.59 Å². The van der Waals surface area contributed by atoms with Crippen molar-refractivity contribution in [2.45, 2.75) is 69.4 Å². The SMILES string of the molecule is N[C@@H](CC(=O)O)C(=O)NC1(CCC(C2CC2)C2CC2)CC1. The zero-order valence-corrected chi connectivity index (χ0v) is 12.5. The zero-order valence-electron chi connectivity index (χ0n) is 12.5. The standard InChI is InChI=1S/C16H26N2O3/c17-13(9-14(19)20)15(21)18-16(7-8-16)6-5-12(10-1-2-10)11-3-4-11/h10-13H,1-9,17H2,(H,18,21)(H,19,20)/t13-/m0/s1. The van der Waals surface area contributed by atoms with Gasteiger partial charge in [0.25, 0.3) is 0 Å². The molecular weight excluding hydrogens is 268 g/mol. The molecule has 3 saturated carbocycles. The first kappa shape index (κ1) is 14.8. The second-order valence-corrected chi connectivity index (χ2v) is 7.35. The Bertz CT molecular complexity index is 413. The highest BCUT2D eigenvalue weighted by Gasteiger charge is 2.47. The van der Waals surface area contributed by atoms with Crippen LogP contribution in [0.4, 0.5) is 0 Å². The number of rotatable bonds is 9. The molecule has 3 fully saturated rings. The summed E-state index contributed by atoms with van der Waals surface area (Å²) in [7, 11) is 0. The Kier molecular flexibility index (Phi) is 3.95. The van der Waals surface area contributed by atoms with Gasteiger partial charge in [-0.15, -0.1) is 0 Å². The van der Waals surface area contributed by atoms with Gasteiger partial charge in [-0.05, 0) is 69.1 Å². The third-order valence-corrected chi connectivity index (χ3v) is 5.38. The van der Waals surface area contributed by atoms with E-state index in [1.54, 1.807) is 0 Å². The average Bonchev–Trinajstić information content (AvgIpc) is 3.21. The molecule has 0 aromatic carbocycles. The van der Waals surface area contributed by atoms with Crippen molar-refractivity contribution in [1.29, 1.82) is 0 Å². The molecule has 3 aliphatic carbocycles. The van der Waals surface area contributed by atoms with Gasteiger partial charge in [-0.25, -0.2) is 0 Å². The molecule has 0 saturated heterocycles. The van der Waals surface area contributed by atoms with Crippen molar-refractivity contribution in [1.82, 2.24) is 5.32 Å². The highest BCUT2D eigenvalue weighted by Crippen LogP contribution is 2.53. The minimum atomic E-state index is -1.02. The lowest BCUT2D eigenvalue weighted by Crippen LogP contribution is -2.47. The van der Waals surface area contributed by atoms with Crippen LogP contribution in [0.25, 0.3) is 0 Å². The van der Waals surface area contributed by atoms with Crippen molar-refractivity contribution in [3.63, 3.8) is 0 Å². The van der Waals surface area contributed by atoms with Gasteiger partial charge in [0.2, 0.25) is 5.91 Å². The van der Waals surface area contributed by atoms with Crippen molar-refractivity contribution in [3.8, 4) is 0 Å². The molecule has 0 heterocycles.